The monoisotopic (exact) mass is 243 g/mol. The minimum Gasteiger partial charge on any atom is -0.496 e. The normalized spacial score (nSPS) is 9.81. The van der Waals surface area contributed by atoms with Crippen LogP contribution in [-0.2, 0) is 0 Å². The SMILES string of the molecule is COc1cc(NC(=O)Cl)c(OC)c(C)c1C. The van der Waals surface area contributed by atoms with Crippen LogP contribution in [0.15, 0.2) is 6.07 Å². The van der Waals surface area contributed by atoms with E-state index in [9.17, 15) is 4.79 Å². The van der Waals surface area contributed by atoms with Crippen molar-refractivity contribution in [1.82, 2.24) is 0 Å². The van der Waals surface area contributed by atoms with Crippen molar-refractivity contribution in [3.05, 3.63) is 17.2 Å². The third-order valence-electron chi connectivity index (χ3n) is 2.45. The highest BCUT2D eigenvalue weighted by atomic mass is 35.5. The number of methoxy groups -OCH3 is 2. The van der Waals surface area contributed by atoms with Gasteiger partial charge in [-0.2, -0.15) is 0 Å². The van der Waals surface area contributed by atoms with Crippen LogP contribution < -0.4 is 14.8 Å². The average molecular weight is 244 g/mol. The van der Waals surface area contributed by atoms with Crippen LogP contribution in [0, 0.1) is 13.8 Å². The lowest BCUT2D eigenvalue weighted by Crippen LogP contribution is -2.05. The van der Waals surface area contributed by atoms with Crippen molar-refractivity contribution in [1.29, 1.82) is 0 Å². The predicted octanol–water partition coefficient (Wildman–Crippen LogP) is 3.09. The largest absolute Gasteiger partial charge is 0.496 e. The lowest BCUT2D eigenvalue weighted by atomic mass is 10.1. The molecule has 1 N–H and O–H groups in total. The molecule has 4 nitrogen and oxygen atoms in total. The van der Waals surface area contributed by atoms with E-state index >= 15 is 0 Å². The molecule has 5 heteroatoms. The first kappa shape index (κ1) is 12.6. The van der Waals surface area contributed by atoms with Crippen LogP contribution in [0.2, 0.25) is 0 Å². The van der Waals surface area contributed by atoms with E-state index in [0.717, 1.165) is 11.1 Å². The fourth-order valence-corrected chi connectivity index (χ4v) is 1.64. The number of benzene rings is 1. The van der Waals surface area contributed by atoms with Gasteiger partial charge in [0, 0.05) is 6.07 Å². The Labute approximate surface area is 99.5 Å². The molecule has 0 aliphatic rings. The van der Waals surface area contributed by atoms with Crippen LogP contribution in [0.5, 0.6) is 11.5 Å². The zero-order chi connectivity index (χ0) is 12.3. The molecule has 0 radical (unpaired) electrons. The van der Waals surface area contributed by atoms with Crippen molar-refractivity contribution < 1.29 is 14.3 Å². The van der Waals surface area contributed by atoms with Crippen molar-refractivity contribution in [3.63, 3.8) is 0 Å². The Hall–Kier alpha value is -1.42. The van der Waals surface area contributed by atoms with Crippen molar-refractivity contribution in [2.75, 3.05) is 19.5 Å². The first-order chi connectivity index (χ1) is 7.51. The average Bonchev–Trinajstić information content (AvgIpc) is 2.23. The molecule has 0 aliphatic heterocycles. The maximum Gasteiger partial charge on any atom is 0.318 e. The highest BCUT2D eigenvalue weighted by molar-refractivity contribution is 6.65. The number of rotatable bonds is 3. The van der Waals surface area contributed by atoms with Gasteiger partial charge in [-0.15, -0.1) is 0 Å². The standard InChI is InChI=1S/C11H14ClNO3/c1-6-7(2)10(16-4)8(13-11(12)14)5-9(6)15-3/h5H,1-4H3,(H,13,14). The second-order valence-corrected chi connectivity index (χ2v) is 3.65. The Morgan fingerprint density at radius 2 is 1.88 bits per heavy atom. The third kappa shape index (κ3) is 2.39. The molecule has 0 spiro atoms. The molecule has 0 aromatic heterocycles. The second kappa shape index (κ2) is 5.07. The van der Waals surface area contributed by atoms with E-state index in [4.69, 9.17) is 21.1 Å². The second-order valence-electron chi connectivity index (χ2n) is 3.31. The van der Waals surface area contributed by atoms with Crippen LogP contribution >= 0.6 is 11.6 Å². The Bertz CT molecular complexity index is 418. The molecular weight excluding hydrogens is 230 g/mol. The number of hydrogen-bond donors (Lipinski definition) is 1. The van der Waals surface area contributed by atoms with E-state index in [-0.39, 0.29) is 0 Å². The molecule has 16 heavy (non-hydrogen) atoms. The molecule has 0 bridgehead atoms. The lowest BCUT2D eigenvalue weighted by molar-refractivity contribution is 0.268. The van der Waals surface area contributed by atoms with Crippen LogP contribution in [0.25, 0.3) is 0 Å². The Kier molecular flexibility index (Phi) is 4.01. The zero-order valence-corrected chi connectivity index (χ0v) is 10.4. The van der Waals surface area contributed by atoms with E-state index < -0.39 is 5.37 Å². The number of halogens is 1. The molecule has 1 amide bonds. The number of carbonyl (C=O) groups excluding carboxylic acids is 1. The van der Waals surface area contributed by atoms with Crippen molar-refractivity contribution in [2.24, 2.45) is 0 Å². The number of amides is 1. The minimum atomic E-state index is -0.663. The zero-order valence-electron chi connectivity index (χ0n) is 9.68. The Morgan fingerprint density at radius 3 is 2.31 bits per heavy atom. The number of anilines is 1. The van der Waals surface area contributed by atoms with Crippen molar-refractivity contribution in [3.8, 4) is 11.5 Å². The van der Waals surface area contributed by atoms with Gasteiger partial charge in [0.15, 0.2) is 0 Å². The van der Waals surface area contributed by atoms with Crippen LogP contribution in [0.1, 0.15) is 11.1 Å². The maximum atomic E-state index is 10.8. The molecule has 0 saturated carbocycles. The van der Waals surface area contributed by atoms with Crippen molar-refractivity contribution >= 4 is 22.7 Å². The Balaban J connectivity index is 3.34. The number of carbonyl (C=O) groups is 1. The molecule has 0 unspecified atom stereocenters. The van der Waals surface area contributed by atoms with Gasteiger partial charge in [0.25, 0.3) is 0 Å². The van der Waals surface area contributed by atoms with Crippen LogP contribution in [-0.4, -0.2) is 19.6 Å². The number of hydrogen-bond acceptors (Lipinski definition) is 3. The third-order valence-corrected chi connectivity index (χ3v) is 2.54. The molecule has 0 heterocycles. The van der Waals surface area contributed by atoms with Gasteiger partial charge in [-0.3, -0.25) is 4.79 Å². The molecule has 1 aromatic carbocycles. The summed E-state index contributed by atoms with van der Waals surface area (Å²) in [5.41, 5.74) is 2.37. The van der Waals surface area contributed by atoms with Gasteiger partial charge in [-0.25, -0.2) is 0 Å². The summed E-state index contributed by atoms with van der Waals surface area (Å²) in [7, 11) is 3.11. The van der Waals surface area contributed by atoms with Crippen LogP contribution in [0.4, 0.5) is 10.5 Å². The summed E-state index contributed by atoms with van der Waals surface area (Å²) < 4.78 is 10.4. The van der Waals surface area contributed by atoms with Gasteiger partial charge in [-0.05, 0) is 36.6 Å². The van der Waals surface area contributed by atoms with Crippen LogP contribution in [0.3, 0.4) is 0 Å². The molecular formula is C11H14ClNO3. The van der Waals surface area contributed by atoms with Gasteiger partial charge in [-0.1, -0.05) is 0 Å². The summed E-state index contributed by atoms with van der Waals surface area (Å²) >= 11 is 5.28. The quantitative estimate of drug-likeness (QED) is 0.656. The summed E-state index contributed by atoms with van der Waals surface area (Å²) in [6, 6.07) is 1.68. The summed E-state index contributed by atoms with van der Waals surface area (Å²) in [5.74, 6) is 1.27. The van der Waals surface area contributed by atoms with E-state index in [0.29, 0.717) is 17.2 Å². The lowest BCUT2D eigenvalue weighted by Gasteiger charge is -2.16. The van der Waals surface area contributed by atoms with E-state index in [2.05, 4.69) is 5.32 Å². The van der Waals surface area contributed by atoms with E-state index in [1.54, 1.807) is 13.2 Å². The van der Waals surface area contributed by atoms with E-state index in [1.165, 1.54) is 7.11 Å². The van der Waals surface area contributed by atoms with Gasteiger partial charge in [0.1, 0.15) is 11.5 Å². The maximum absolute atomic E-state index is 10.8. The summed E-state index contributed by atoms with van der Waals surface area (Å²) in [6.45, 7) is 3.81. The first-order valence-electron chi connectivity index (χ1n) is 4.70. The number of ether oxygens (including phenoxy) is 2. The van der Waals surface area contributed by atoms with Gasteiger partial charge < -0.3 is 14.8 Å². The molecule has 1 aromatic rings. The summed E-state index contributed by atoms with van der Waals surface area (Å²) in [6.07, 6.45) is 0. The smallest absolute Gasteiger partial charge is 0.318 e. The summed E-state index contributed by atoms with van der Waals surface area (Å²) in [5, 5.41) is 1.83. The first-order valence-corrected chi connectivity index (χ1v) is 5.07. The highest BCUT2D eigenvalue weighted by Gasteiger charge is 2.14. The van der Waals surface area contributed by atoms with Gasteiger partial charge in [0.05, 0.1) is 19.9 Å². The van der Waals surface area contributed by atoms with Gasteiger partial charge in [0.2, 0.25) is 0 Å². The van der Waals surface area contributed by atoms with Crippen molar-refractivity contribution in [2.45, 2.75) is 13.8 Å². The predicted molar refractivity (Wildman–Crippen MR) is 63.9 cm³/mol. The molecule has 1 rings (SSSR count). The molecule has 88 valence electrons. The summed E-state index contributed by atoms with van der Waals surface area (Å²) in [4.78, 5) is 10.8. The fourth-order valence-electron chi connectivity index (χ4n) is 1.54. The van der Waals surface area contributed by atoms with E-state index in [1.807, 2.05) is 13.8 Å². The molecule has 0 atom stereocenters. The minimum absolute atomic E-state index is 0.502. The fraction of sp³-hybridized carbons (Fsp3) is 0.364. The number of nitrogens with one attached hydrogen (secondary N) is 1. The Morgan fingerprint density at radius 1 is 1.25 bits per heavy atom. The molecule has 0 saturated heterocycles. The molecule has 0 aliphatic carbocycles. The van der Waals surface area contributed by atoms with Gasteiger partial charge >= 0.3 is 5.37 Å². The molecule has 0 fully saturated rings. The highest BCUT2D eigenvalue weighted by Crippen LogP contribution is 2.37. The topological polar surface area (TPSA) is 47.6 Å².